The average Bonchev–Trinajstić information content (AvgIpc) is 3.13. The molecule has 0 spiro atoms. The summed E-state index contributed by atoms with van der Waals surface area (Å²) in [6.07, 6.45) is 0.527. The number of ether oxygens (including phenoxy) is 1. The number of carbonyl (C=O) groups is 1. The van der Waals surface area contributed by atoms with Gasteiger partial charge in [0.25, 0.3) is 5.91 Å². The molecule has 134 valence electrons. The summed E-state index contributed by atoms with van der Waals surface area (Å²) in [5.74, 6) is -0.109. The third-order valence-corrected chi connectivity index (χ3v) is 3.79. The van der Waals surface area contributed by atoms with Crippen molar-refractivity contribution in [1.29, 1.82) is 0 Å². The molecule has 1 amide bonds. The third kappa shape index (κ3) is 4.61. The second-order valence-corrected chi connectivity index (χ2v) is 5.91. The van der Waals surface area contributed by atoms with E-state index in [1.165, 1.54) is 6.07 Å². The first-order valence-corrected chi connectivity index (χ1v) is 8.39. The van der Waals surface area contributed by atoms with Crippen LogP contribution in [0, 0.1) is 5.82 Å². The lowest BCUT2D eigenvalue weighted by atomic mass is 10.1. The zero-order valence-electron chi connectivity index (χ0n) is 13.7. The highest BCUT2D eigenvalue weighted by Gasteiger charge is 2.13. The van der Waals surface area contributed by atoms with E-state index >= 15 is 0 Å². The number of nitrogens with one attached hydrogen (secondary N) is 1. The third-order valence-electron chi connectivity index (χ3n) is 3.55. The molecule has 1 aromatic heterocycles. The van der Waals surface area contributed by atoms with Gasteiger partial charge in [0.2, 0.25) is 0 Å². The Hall–Kier alpha value is -2.86. The van der Waals surface area contributed by atoms with Gasteiger partial charge in [0.15, 0.2) is 23.0 Å². The first-order chi connectivity index (χ1) is 12.6. The molecule has 0 saturated carbocycles. The maximum absolute atomic E-state index is 13.4. The highest BCUT2D eigenvalue weighted by atomic mass is 35.5. The van der Waals surface area contributed by atoms with Gasteiger partial charge in [-0.05, 0) is 30.7 Å². The predicted molar refractivity (Wildman–Crippen MR) is 95.8 cm³/mol. The highest BCUT2D eigenvalue weighted by molar-refractivity contribution is 6.30. The lowest BCUT2D eigenvalue weighted by Crippen LogP contribution is -2.25. The number of hydrogen-bond acceptors (Lipinski definition) is 4. The van der Waals surface area contributed by atoms with E-state index in [1.54, 1.807) is 42.5 Å². The summed E-state index contributed by atoms with van der Waals surface area (Å²) < 4.78 is 23.9. The van der Waals surface area contributed by atoms with Gasteiger partial charge in [-0.1, -0.05) is 41.0 Å². The summed E-state index contributed by atoms with van der Waals surface area (Å²) in [5.41, 5.74) is 0.914. The van der Waals surface area contributed by atoms with E-state index in [1.807, 2.05) is 6.07 Å². The molecule has 1 heterocycles. The molecule has 26 heavy (non-hydrogen) atoms. The van der Waals surface area contributed by atoms with Gasteiger partial charge in [-0.25, -0.2) is 4.39 Å². The maximum atomic E-state index is 13.4. The standard InChI is InChI=1S/C19H16ClFN2O3/c20-14-6-3-5-13(11-14)18-12-16(23-26-18)19(24)22-9-4-10-25-17-8-2-1-7-15(17)21/h1-3,5-8,11-12H,4,9-10H2,(H,22,24). The lowest BCUT2D eigenvalue weighted by Gasteiger charge is -2.07. The summed E-state index contributed by atoms with van der Waals surface area (Å²) >= 11 is 5.94. The molecule has 5 nitrogen and oxygen atoms in total. The number of carbonyl (C=O) groups excluding carboxylic acids is 1. The second-order valence-electron chi connectivity index (χ2n) is 5.48. The Morgan fingerprint density at radius 2 is 2.04 bits per heavy atom. The van der Waals surface area contributed by atoms with Crippen LogP contribution in [0.1, 0.15) is 16.9 Å². The van der Waals surface area contributed by atoms with Crippen LogP contribution < -0.4 is 10.1 Å². The molecule has 2 aromatic carbocycles. The van der Waals surface area contributed by atoms with Crippen LogP contribution >= 0.6 is 11.6 Å². The molecule has 1 N–H and O–H groups in total. The number of amides is 1. The van der Waals surface area contributed by atoms with Crippen LogP contribution in [0.15, 0.2) is 59.1 Å². The molecular formula is C19H16ClFN2O3. The Morgan fingerprint density at radius 1 is 1.19 bits per heavy atom. The molecule has 0 atom stereocenters. The second kappa shape index (κ2) is 8.49. The van der Waals surface area contributed by atoms with Gasteiger partial charge in [-0.3, -0.25) is 4.79 Å². The molecule has 0 aliphatic carbocycles. The summed E-state index contributed by atoms with van der Waals surface area (Å²) in [5, 5.41) is 7.05. The van der Waals surface area contributed by atoms with E-state index in [0.29, 0.717) is 23.7 Å². The fourth-order valence-corrected chi connectivity index (χ4v) is 2.46. The van der Waals surface area contributed by atoms with Crippen LogP contribution in [0.25, 0.3) is 11.3 Å². The van der Waals surface area contributed by atoms with Crippen LogP contribution in [0.4, 0.5) is 4.39 Å². The number of hydrogen-bond donors (Lipinski definition) is 1. The molecule has 0 unspecified atom stereocenters. The molecular weight excluding hydrogens is 359 g/mol. The molecule has 0 radical (unpaired) electrons. The van der Waals surface area contributed by atoms with Crippen LogP contribution in [-0.2, 0) is 0 Å². The predicted octanol–water partition coefficient (Wildman–Crippen LogP) is 4.33. The minimum absolute atomic E-state index is 0.176. The van der Waals surface area contributed by atoms with Crippen molar-refractivity contribution in [1.82, 2.24) is 10.5 Å². The van der Waals surface area contributed by atoms with Crippen molar-refractivity contribution >= 4 is 17.5 Å². The zero-order chi connectivity index (χ0) is 18.4. The smallest absolute Gasteiger partial charge is 0.273 e. The van der Waals surface area contributed by atoms with Gasteiger partial charge >= 0.3 is 0 Å². The van der Waals surface area contributed by atoms with Crippen molar-refractivity contribution in [3.63, 3.8) is 0 Å². The summed E-state index contributed by atoms with van der Waals surface area (Å²) in [4.78, 5) is 12.1. The van der Waals surface area contributed by atoms with E-state index < -0.39 is 5.82 Å². The molecule has 0 bridgehead atoms. The van der Waals surface area contributed by atoms with Crippen LogP contribution in [0.5, 0.6) is 5.75 Å². The number of nitrogens with zero attached hydrogens (tertiary/aromatic N) is 1. The Balaban J connectivity index is 1.46. The average molecular weight is 375 g/mol. The van der Waals surface area contributed by atoms with Gasteiger partial charge in [0.1, 0.15) is 0 Å². The minimum atomic E-state index is -0.410. The first-order valence-electron chi connectivity index (χ1n) is 8.01. The van der Waals surface area contributed by atoms with E-state index in [0.717, 1.165) is 5.56 Å². The van der Waals surface area contributed by atoms with Crippen molar-refractivity contribution in [2.24, 2.45) is 0 Å². The molecule has 0 aliphatic heterocycles. The van der Waals surface area contributed by atoms with Crippen LogP contribution in [0.2, 0.25) is 5.02 Å². The van der Waals surface area contributed by atoms with Crippen LogP contribution in [0.3, 0.4) is 0 Å². The van der Waals surface area contributed by atoms with Gasteiger partial charge in [0, 0.05) is 23.2 Å². The van der Waals surface area contributed by atoms with Crippen molar-refractivity contribution in [2.75, 3.05) is 13.2 Å². The normalized spacial score (nSPS) is 10.5. The fraction of sp³-hybridized carbons (Fsp3) is 0.158. The van der Waals surface area contributed by atoms with Gasteiger partial charge in [0.05, 0.1) is 6.61 Å². The van der Waals surface area contributed by atoms with E-state index in [-0.39, 0.29) is 24.0 Å². The molecule has 0 fully saturated rings. The molecule has 3 aromatic rings. The number of aromatic nitrogens is 1. The lowest BCUT2D eigenvalue weighted by molar-refractivity contribution is 0.0942. The number of para-hydroxylation sites is 1. The Morgan fingerprint density at radius 3 is 2.85 bits per heavy atom. The van der Waals surface area contributed by atoms with Crippen molar-refractivity contribution < 1.29 is 18.4 Å². The van der Waals surface area contributed by atoms with E-state index in [4.69, 9.17) is 20.9 Å². The summed E-state index contributed by atoms with van der Waals surface area (Å²) in [6.45, 7) is 0.653. The Kier molecular flexibility index (Phi) is 5.86. The Labute approximate surface area is 154 Å². The summed E-state index contributed by atoms with van der Waals surface area (Å²) in [7, 11) is 0. The Bertz CT molecular complexity index is 898. The highest BCUT2D eigenvalue weighted by Crippen LogP contribution is 2.23. The topological polar surface area (TPSA) is 64.4 Å². The van der Waals surface area contributed by atoms with Crippen molar-refractivity contribution in [3.8, 4) is 17.1 Å². The molecule has 7 heteroatoms. The van der Waals surface area contributed by atoms with E-state index in [9.17, 15) is 9.18 Å². The van der Waals surface area contributed by atoms with Gasteiger partial charge in [-0.2, -0.15) is 0 Å². The monoisotopic (exact) mass is 374 g/mol. The van der Waals surface area contributed by atoms with E-state index in [2.05, 4.69) is 10.5 Å². The number of benzene rings is 2. The number of halogens is 2. The fourth-order valence-electron chi connectivity index (χ4n) is 2.27. The molecule has 3 rings (SSSR count). The number of rotatable bonds is 7. The largest absolute Gasteiger partial charge is 0.490 e. The van der Waals surface area contributed by atoms with Gasteiger partial charge in [-0.15, -0.1) is 0 Å². The summed E-state index contributed by atoms with van der Waals surface area (Å²) in [6, 6.07) is 14.8. The zero-order valence-corrected chi connectivity index (χ0v) is 14.5. The van der Waals surface area contributed by atoms with Crippen LogP contribution in [-0.4, -0.2) is 24.2 Å². The molecule has 0 saturated heterocycles. The van der Waals surface area contributed by atoms with Crippen molar-refractivity contribution in [2.45, 2.75) is 6.42 Å². The SMILES string of the molecule is O=C(NCCCOc1ccccc1F)c1cc(-c2cccc(Cl)c2)on1. The quantitative estimate of drug-likeness (QED) is 0.625. The minimum Gasteiger partial charge on any atom is -0.490 e. The molecule has 0 aliphatic rings. The first kappa shape index (κ1) is 17.9. The maximum Gasteiger partial charge on any atom is 0.273 e. The van der Waals surface area contributed by atoms with Gasteiger partial charge < -0.3 is 14.6 Å². The van der Waals surface area contributed by atoms with Crippen molar-refractivity contribution in [3.05, 3.63) is 71.1 Å².